The van der Waals surface area contributed by atoms with Gasteiger partial charge in [-0.25, -0.2) is 0 Å². The summed E-state index contributed by atoms with van der Waals surface area (Å²) in [5.74, 6) is -1.05. The van der Waals surface area contributed by atoms with Gasteiger partial charge in [0.05, 0.1) is 13.2 Å². The molecule has 0 N–H and O–H groups in total. The maximum atomic E-state index is 12.5. The molecule has 0 aliphatic rings. The van der Waals surface area contributed by atoms with Crippen LogP contribution in [-0.2, 0) is 19.1 Å². The highest BCUT2D eigenvalue weighted by molar-refractivity contribution is 6.00. The van der Waals surface area contributed by atoms with E-state index < -0.39 is 17.4 Å². The average molecular weight is 349 g/mol. The molecule has 0 atom stereocenters. The van der Waals surface area contributed by atoms with E-state index in [0.717, 1.165) is 25.9 Å². The first kappa shape index (κ1) is 24.2. The van der Waals surface area contributed by atoms with Gasteiger partial charge in [0, 0.05) is 6.54 Å². The number of hydrogen-bond acceptors (Lipinski definition) is 5. The molecule has 6 heteroatoms. The van der Waals surface area contributed by atoms with Crippen LogP contribution < -0.4 is 12.4 Å². The highest BCUT2D eigenvalue weighted by Crippen LogP contribution is 2.29. The molecule has 0 aliphatic carbocycles. The number of carbonyl (C=O) groups excluding carboxylic acids is 2. The van der Waals surface area contributed by atoms with Gasteiger partial charge in [-0.15, -0.1) is 6.58 Å². The van der Waals surface area contributed by atoms with Crippen LogP contribution in [-0.4, -0.2) is 49.7 Å². The smallest absolute Gasteiger partial charge is 0.325 e. The number of hydrogen-bond donors (Lipinski definition) is 0. The molecule has 136 valence electrons. The van der Waals surface area contributed by atoms with Gasteiger partial charge < -0.3 is 26.8 Å². The maximum Gasteiger partial charge on any atom is 0.325 e. The van der Waals surface area contributed by atoms with Crippen LogP contribution >= 0.6 is 0 Å². The lowest BCUT2D eigenvalue weighted by molar-refractivity contribution is -0.173. The topological polar surface area (TPSA) is 55.8 Å². The molecule has 0 aromatic rings. The van der Waals surface area contributed by atoms with Crippen LogP contribution in [0.3, 0.4) is 0 Å². The second-order valence-electron chi connectivity index (χ2n) is 5.29. The van der Waals surface area contributed by atoms with Gasteiger partial charge in [0.1, 0.15) is 0 Å². The van der Waals surface area contributed by atoms with Crippen molar-refractivity contribution in [2.24, 2.45) is 5.41 Å². The number of nitrogens with zero attached hydrogens (tertiary/aromatic N) is 1. The zero-order valence-electron chi connectivity index (χ0n) is 14.9. The number of carbonyl (C=O) groups is 2. The van der Waals surface area contributed by atoms with Crippen molar-refractivity contribution >= 4 is 11.9 Å². The molecule has 0 aromatic heterocycles. The molecule has 0 heterocycles. The minimum absolute atomic E-state index is 0. The van der Waals surface area contributed by atoms with E-state index in [1.54, 1.807) is 19.9 Å². The first-order valence-corrected chi connectivity index (χ1v) is 8.19. The van der Waals surface area contributed by atoms with Gasteiger partial charge in [0.25, 0.3) is 0 Å². The molecular weight excluding hydrogens is 318 g/mol. The second kappa shape index (κ2) is 13.4. The van der Waals surface area contributed by atoms with Crippen molar-refractivity contribution in [1.82, 2.24) is 4.90 Å². The second-order valence-corrected chi connectivity index (χ2v) is 5.29. The fourth-order valence-corrected chi connectivity index (χ4v) is 2.51. The number of allylic oxidation sites excluding steroid dienone is 1. The van der Waals surface area contributed by atoms with Crippen LogP contribution in [0.5, 0.6) is 0 Å². The minimum atomic E-state index is -1.32. The van der Waals surface area contributed by atoms with Crippen molar-refractivity contribution in [3.8, 4) is 0 Å². The van der Waals surface area contributed by atoms with Gasteiger partial charge in [-0.1, -0.05) is 19.9 Å². The molecule has 0 amide bonds. The summed E-state index contributed by atoms with van der Waals surface area (Å²) < 4.78 is 10.3. The number of ether oxygens (including phenoxy) is 2. The van der Waals surface area contributed by atoms with Gasteiger partial charge in [-0.3, -0.25) is 9.59 Å². The summed E-state index contributed by atoms with van der Waals surface area (Å²) in [5, 5.41) is 0. The Morgan fingerprint density at radius 1 is 1.00 bits per heavy atom. The third kappa shape index (κ3) is 7.36. The molecule has 0 saturated heterocycles. The van der Waals surface area contributed by atoms with Crippen molar-refractivity contribution in [3.05, 3.63) is 12.7 Å². The zero-order chi connectivity index (χ0) is 17.0. The quantitative estimate of drug-likeness (QED) is 0.278. The van der Waals surface area contributed by atoms with Crippen molar-refractivity contribution in [1.29, 1.82) is 0 Å². The first-order chi connectivity index (χ1) is 10.5. The predicted octanol–water partition coefficient (Wildman–Crippen LogP) is -0.199. The fraction of sp³-hybridized carbons (Fsp3) is 0.765. The van der Waals surface area contributed by atoms with Gasteiger partial charge >= 0.3 is 11.9 Å². The Kier molecular flexibility index (Phi) is 14.1. The lowest BCUT2D eigenvalue weighted by Crippen LogP contribution is -3.00. The van der Waals surface area contributed by atoms with Gasteiger partial charge in [0.2, 0.25) is 0 Å². The summed E-state index contributed by atoms with van der Waals surface area (Å²) in [7, 11) is 0. The van der Waals surface area contributed by atoms with E-state index in [1.807, 2.05) is 0 Å². The molecular formula is C17H31ClNO4-. The van der Waals surface area contributed by atoms with E-state index in [9.17, 15) is 9.59 Å². The molecule has 5 nitrogen and oxygen atoms in total. The number of rotatable bonds is 12. The summed E-state index contributed by atoms with van der Waals surface area (Å²) in [6.45, 7) is 13.7. The summed E-state index contributed by atoms with van der Waals surface area (Å²) in [6.07, 6.45) is 3.71. The molecule has 0 unspecified atom stereocenters. The van der Waals surface area contributed by atoms with Crippen molar-refractivity contribution in [2.45, 2.75) is 47.0 Å². The Hall–Kier alpha value is -1.07. The average Bonchev–Trinajstić information content (AvgIpc) is 2.47. The van der Waals surface area contributed by atoms with Crippen LogP contribution in [0.15, 0.2) is 12.7 Å². The lowest BCUT2D eigenvalue weighted by atomic mass is 9.83. The van der Waals surface area contributed by atoms with Gasteiger partial charge in [0.15, 0.2) is 5.41 Å². The number of halogens is 1. The van der Waals surface area contributed by atoms with Crippen molar-refractivity contribution < 1.29 is 31.5 Å². The largest absolute Gasteiger partial charge is 1.00 e. The third-order valence-electron chi connectivity index (χ3n) is 3.40. The van der Waals surface area contributed by atoms with Gasteiger partial charge in [-0.05, 0) is 46.2 Å². The SMILES string of the molecule is C=CCC(CN(CCC)CCC)(C(=O)OCC)C(=O)OCC.[Cl-]. The highest BCUT2D eigenvalue weighted by atomic mass is 35.5. The Balaban J connectivity index is 0. The molecule has 0 spiro atoms. The van der Waals surface area contributed by atoms with Crippen LogP contribution in [0.4, 0.5) is 0 Å². The zero-order valence-corrected chi connectivity index (χ0v) is 15.7. The number of esters is 2. The molecule has 0 fully saturated rings. The summed E-state index contributed by atoms with van der Waals surface area (Å²) >= 11 is 0. The minimum Gasteiger partial charge on any atom is -1.00 e. The normalized spacial score (nSPS) is 10.8. The van der Waals surface area contributed by atoms with E-state index >= 15 is 0 Å². The van der Waals surface area contributed by atoms with Crippen LogP contribution in [0.25, 0.3) is 0 Å². The Bertz CT molecular complexity index is 337. The third-order valence-corrected chi connectivity index (χ3v) is 3.40. The summed E-state index contributed by atoms with van der Waals surface area (Å²) in [5.41, 5.74) is -1.32. The van der Waals surface area contributed by atoms with E-state index in [-0.39, 0.29) is 32.0 Å². The molecule has 0 bridgehead atoms. The van der Waals surface area contributed by atoms with Crippen LogP contribution in [0.2, 0.25) is 0 Å². The highest BCUT2D eigenvalue weighted by Gasteiger charge is 2.48. The van der Waals surface area contributed by atoms with E-state index in [4.69, 9.17) is 9.47 Å². The van der Waals surface area contributed by atoms with Crippen molar-refractivity contribution in [3.63, 3.8) is 0 Å². The van der Waals surface area contributed by atoms with Crippen molar-refractivity contribution in [2.75, 3.05) is 32.8 Å². The predicted molar refractivity (Wildman–Crippen MR) is 87.5 cm³/mol. The fourth-order valence-electron chi connectivity index (χ4n) is 2.51. The molecule has 0 rings (SSSR count). The Morgan fingerprint density at radius 3 is 1.74 bits per heavy atom. The monoisotopic (exact) mass is 348 g/mol. The molecule has 23 heavy (non-hydrogen) atoms. The Labute approximate surface area is 146 Å². The summed E-state index contributed by atoms with van der Waals surface area (Å²) in [4.78, 5) is 27.2. The molecule has 0 saturated carbocycles. The molecule has 0 radical (unpaired) electrons. The summed E-state index contributed by atoms with van der Waals surface area (Å²) in [6, 6.07) is 0. The standard InChI is InChI=1S/C17H31NO4.ClH/c1-6-11-17(15(19)21-9-4,16(20)22-10-5)14-18(12-7-2)13-8-3;/h6H,1,7-14H2,2-5H3;1H/p-1. The van der Waals surface area contributed by atoms with E-state index in [2.05, 4.69) is 25.3 Å². The molecule has 0 aromatic carbocycles. The molecule has 0 aliphatic heterocycles. The lowest BCUT2D eigenvalue weighted by Gasteiger charge is -2.33. The van der Waals surface area contributed by atoms with Crippen LogP contribution in [0, 0.1) is 5.41 Å². The van der Waals surface area contributed by atoms with E-state index in [1.165, 1.54) is 0 Å². The maximum absolute atomic E-state index is 12.5. The van der Waals surface area contributed by atoms with Gasteiger partial charge in [-0.2, -0.15) is 0 Å². The Morgan fingerprint density at radius 2 is 1.43 bits per heavy atom. The van der Waals surface area contributed by atoms with E-state index in [0.29, 0.717) is 6.54 Å². The van der Waals surface area contributed by atoms with Crippen LogP contribution in [0.1, 0.15) is 47.0 Å². The first-order valence-electron chi connectivity index (χ1n) is 8.19.